The number of carbonyl (C=O) groups excluding carboxylic acids is 1. The van der Waals surface area contributed by atoms with E-state index in [1.807, 2.05) is 31.3 Å². The first-order valence-corrected chi connectivity index (χ1v) is 13.7. The van der Waals surface area contributed by atoms with Crippen LogP contribution in [0.25, 0.3) is 11.1 Å². The molecule has 4 aromatic rings. The number of ether oxygens (including phenoxy) is 1. The van der Waals surface area contributed by atoms with Gasteiger partial charge in [-0.3, -0.25) is 14.3 Å². The van der Waals surface area contributed by atoms with Gasteiger partial charge in [0.2, 0.25) is 0 Å². The molecule has 0 atom stereocenters. The Bertz CT molecular complexity index is 1660. The Hall–Kier alpha value is -4.15. The molecule has 1 aliphatic heterocycles. The van der Waals surface area contributed by atoms with Crippen LogP contribution in [0.15, 0.2) is 47.4 Å². The quantitative estimate of drug-likeness (QED) is 0.370. The molecule has 0 unspecified atom stereocenters. The summed E-state index contributed by atoms with van der Waals surface area (Å²) in [7, 11) is 5.13. The van der Waals surface area contributed by atoms with Crippen molar-refractivity contribution in [1.82, 2.24) is 18.9 Å². The highest BCUT2D eigenvalue weighted by molar-refractivity contribution is 6.07. The fourth-order valence-electron chi connectivity index (χ4n) is 6.07. The molecule has 2 N–H and O–H groups in total. The summed E-state index contributed by atoms with van der Waals surface area (Å²) in [5.74, 6) is 0.488. The summed E-state index contributed by atoms with van der Waals surface area (Å²) in [4.78, 5) is 28.5. The number of fused-ring (bicyclic) bond motifs is 3. The fraction of sp³-hybridized carbons (Fsp3) is 0.367. The predicted molar refractivity (Wildman–Crippen MR) is 153 cm³/mol. The van der Waals surface area contributed by atoms with Gasteiger partial charge in [-0.25, -0.2) is 0 Å². The zero-order valence-electron chi connectivity index (χ0n) is 23.1. The van der Waals surface area contributed by atoms with Crippen LogP contribution in [-0.4, -0.2) is 43.6 Å². The Morgan fingerprint density at radius 1 is 1.07 bits per heavy atom. The lowest BCUT2D eigenvalue weighted by Gasteiger charge is -2.31. The zero-order chi connectivity index (χ0) is 28.0. The van der Waals surface area contributed by atoms with E-state index in [9.17, 15) is 14.7 Å². The molecule has 0 bridgehead atoms. The number of aryl methyl sites for hydroxylation is 3. The fourth-order valence-corrected chi connectivity index (χ4v) is 6.07. The van der Waals surface area contributed by atoms with E-state index in [-0.39, 0.29) is 18.1 Å². The van der Waals surface area contributed by atoms with Crippen molar-refractivity contribution in [3.63, 3.8) is 0 Å². The van der Waals surface area contributed by atoms with Crippen molar-refractivity contribution in [2.24, 2.45) is 14.1 Å². The largest absolute Gasteiger partial charge is 0.392 e. The Balaban J connectivity index is 1.37. The van der Waals surface area contributed by atoms with Crippen molar-refractivity contribution in [3.05, 3.63) is 81.2 Å². The molecule has 0 fully saturated rings. The molecule has 1 aliphatic carbocycles. The van der Waals surface area contributed by atoms with Gasteiger partial charge in [-0.05, 0) is 55.0 Å². The minimum Gasteiger partial charge on any atom is -0.392 e. The van der Waals surface area contributed by atoms with Gasteiger partial charge < -0.3 is 29.2 Å². The standard InChI is InChI=1S/C30H34N6O4/c1-33-16-20(13-24(29(33)38)31-28-15-21(18-40-3)34(2)32-28)22-8-6-10-26(23(22)17-37)36-12-11-35-25-9-5-4-7-19(25)14-27(35)30(36)39/h6,8,10,13-16,37H,4-5,7,9,11-12,17-18H2,1-3H3,(H,31,32). The first-order valence-electron chi connectivity index (χ1n) is 13.7. The van der Waals surface area contributed by atoms with Crippen LogP contribution in [0.2, 0.25) is 0 Å². The molecule has 3 aromatic heterocycles. The molecule has 0 radical (unpaired) electrons. The van der Waals surface area contributed by atoms with E-state index in [0.29, 0.717) is 35.9 Å². The summed E-state index contributed by atoms with van der Waals surface area (Å²) in [5, 5.41) is 18.2. The lowest BCUT2D eigenvalue weighted by Crippen LogP contribution is -2.41. The second-order valence-electron chi connectivity index (χ2n) is 10.5. The Kier molecular flexibility index (Phi) is 6.81. The monoisotopic (exact) mass is 542 g/mol. The van der Waals surface area contributed by atoms with E-state index in [1.165, 1.54) is 15.8 Å². The van der Waals surface area contributed by atoms with Crippen molar-refractivity contribution in [2.45, 2.75) is 45.4 Å². The van der Waals surface area contributed by atoms with Crippen molar-refractivity contribution in [3.8, 4) is 11.1 Å². The van der Waals surface area contributed by atoms with Gasteiger partial charge in [0.1, 0.15) is 11.4 Å². The van der Waals surface area contributed by atoms with Crippen LogP contribution in [0.1, 0.15) is 45.8 Å². The maximum atomic E-state index is 13.7. The molecule has 0 saturated heterocycles. The number of aliphatic hydroxyl groups excluding tert-OH is 1. The van der Waals surface area contributed by atoms with Gasteiger partial charge in [0.15, 0.2) is 5.82 Å². The van der Waals surface area contributed by atoms with E-state index in [2.05, 4.69) is 21.0 Å². The summed E-state index contributed by atoms with van der Waals surface area (Å²) >= 11 is 0. The van der Waals surface area contributed by atoms with Crippen molar-refractivity contribution < 1.29 is 14.6 Å². The van der Waals surface area contributed by atoms with Gasteiger partial charge in [0.25, 0.3) is 11.5 Å². The number of aliphatic hydroxyl groups is 1. The maximum absolute atomic E-state index is 13.7. The average molecular weight is 543 g/mol. The molecule has 10 nitrogen and oxygen atoms in total. The molecule has 1 aromatic carbocycles. The number of carbonyl (C=O) groups is 1. The number of rotatable bonds is 7. The van der Waals surface area contributed by atoms with Gasteiger partial charge >= 0.3 is 0 Å². The minimum atomic E-state index is -0.251. The number of pyridine rings is 1. The number of nitrogens with one attached hydrogen (secondary N) is 1. The molecule has 208 valence electrons. The van der Waals surface area contributed by atoms with Crippen molar-refractivity contribution >= 4 is 23.1 Å². The van der Waals surface area contributed by atoms with E-state index >= 15 is 0 Å². The molecular formula is C30H34N6O4. The number of hydrogen-bond acceptors (Lipinski definition) is 6. The van der Waals surface area contributed by atoms with Crippen LogP contribution in [0, 0.1) is 0 Å². The highest BCUT2D eigenvalue weighted by Crippen LogP contribution is 2.35. The molecule has 4 heterocycles. The zero-order valence-corrected chi connectivity index (χ0v) is 23.1. The van der Waals surface area contributed by atoms with E-state index in [4.69, 9.17) is 4.74 Å². The van der Waals surface area contributed by atoms with Crippen LogP contribution in [0.5, 0.6) is 0 Å². The van der Waals surface area contributed by atoms with E-state index < -0.39 is 0 Å². The number of methoxy groups -OCH3 is 1. The first kappa shape index (κ1) is 26.1. The molecule has 2 aliphatic rings. The molecule has 10 heteroatoms. The van der Waals surface area contributed by atoms with Crippen LogP contribution in [-0.2, 0) is 51.4 Å². The highest BCUT2D eigenvalue weighted by Gasteiger charge is 2.31. The highest BCUT2D eigenvalue weighted by atomic mass is 16.5. The van der Waals surface area contributed by atoms with E-state index in [0.717, 1.165) is 54.7 Å². The first-order chi connectivity index (χ1) is 19.4. The number of benzene rings is 1. The van der Waals surface area contributed by atoms with Gasteiger partial charge in [-0.15, -0.1) is 0 Å². The topological polar surface area (TPSA) is 107 Å². The van der Waals surface area contributed by atoms with Gasteiger partial charge in [0, 0.05) is 63.4 Å². The molecule has 0 spiro atoms. The second-order valence-corrected chi connectivity index (χ2v) is 10.5. The van der Waals surface area contributed by atoms with Crippen molar-refractivity contribution in [1.29, 1.82) is 0 Å². The summed E-state index contributed by atoms with van der Waals surface area (Å²) < 4.78 is 10.6. The lowest BCUT2D eigenvalue weighted by molar-refractivity contribution is 0.0964. The van der Waals surface area contributed by atoms with E-state index in [1.54, 1.807) is 36.0 Å². The third kappa shape index (κ3) is 4.43. The maximum Gasteiger partial charge on any atom is 0.274 e. The third-order valence-electron chi connectivity index (χ3n) is 8.05. The van der Waals surface area contributed by atoms with Crippen LogP contribution < -0.4 is 15.8 Å². The smallest absolute Gasteiger partial charge is 0.274 e. The summed E-state index contributed by atoms with van der Waals surface area (Å²) in [6, 6.07) is 11.4. The summed E-state index contributed by atoms with van der Waals surface area (Å²) in [6.07, 6.45) is 6.12. The van der Waals surface area contributed by atoms with Gasteiger partial charge in [0.05, 0.1) is 24.6 Å². The Labute approximate surface area is 232 Å². The number of hydrogen-bond donors (Lipinski definition) is 2. The SMILES string of the molecule is COCc1cc(Nc2cc(-c3cccc(N4CCn5c(cc6c5CCCC6)C4=O)c3CO)cn(C)c2=O)nn1C. The molecule has 1 amide bonds. The van der Waals surface area contributed by atoms with Crippen LogP contribution in [0.3, 0.4) is 0 Å². The summed E-state index contributed by atoms with van der Waals surface area (Å²) in [6.45, 7) is 1.42. The third-order valence-corrected chi connectivity index (χ3v) is 8.05. The van der Waals surface area contributed by atoms with Gasteiger partial charge in [-0.1, -0.05) is 12.1 Å². The molecular weight excluding hydrogens is 508 g/mol. The normalized spacial score (nSPS) is 14.8. The number of amides is 1. The lowest BCUT2D eigenvalue weighted by atomic mass is 9.98. The molecule has 40 heavy (non-hydrogen) atoms. The molecule has 6 rings (SSSR count). The summed E-state index contributed by atoms with van der Waals surface area (Å²) in [5.41, 5.74) is 7.17. The Morgan fingerprint density at radius 3 is 2.70 bits per heavy atom. The minimum absolute atomic E-state index is 0.0441. The van der Waals surface area contributed by atoms with Crippen molar-refractivity contribution in [2.75, 3.05) is 23.9 Å². The average Bonchev–Trinajstić information content (AvgIpc) is 3.51. The van der Waals surface area contributed by atoms with Crippen LogP contribution in [0.4, 0.5) is 17.2 Å². The van der Waals surface area contributed by atoms with Crippen LogP contribution >= 0.6 is 0 Å². The number of nitrogens with zero attached hydrogens (tertiary/aromatic N) is 5. The predicted octanol–water partition coefficient (Wildman–Crippen LogP) is 3.51. The van der Waals surface area contributed by atoms with Gasteiger partial charge in [-0.2, -0.15) is 5.10 Å². The molecule has 0 saturated carbocycles. The number of anilines is 3. The Morgan fingerprint density at radius 2 is 1.90 bits per heavy atom. The number of aromatic nitrogens is 4. The second kappa shape index (κ2) is 10.4.